The van der Waals surface area contributed by atoms with E-state index in [0.29, 0.717) is 6.54 Å². The first kappa shape index (κ1) is 13.7. The van der Waals surface area contributed by atoms with E-state index in [9.17, 15) is 4.79 Å². The smallest absolute Gasteiger partial charge is 0.239 e. The Morgan fingerprint density at radius 1 is 1.35 bits per heavy atom. The zero-order valence-electron chi connectivity index (χ0n) is 10.9. The van der Waals surface area contributed by atoms with E-state index in [4.69, 9.17) is 0 Å². The molecule has 0 aliphatic carbocycles. The lowest BCUT2D eigenvalue weighted by atomic mass is 10.2. The van der Waals surface area contributed by atoms with Crippen molar-refractivity contribution >= 4 is 5.91 Å². The molecule has 0 saturated carbocycles. The molecule has 0 spiro atoms. The van der Waals surface area contributed by atoms with Gasteiger partial charge in [-0.05, 0) is 25.5 Å². The van der Waals surface area contributed by atoms with Crippen LogP contribution in [0.15, 0.2) is 30.3 Å². The number of carbonyl (C=O) groups is 1. The minimum atomic E-state index is -0.108. The molecule has 0 fully saturated rings. The van der Waals surface area contributed by atoms with Crippen LogP contribution in [0.3, 0.4) is 0 Å². The molecule has 1 aromatic rings. The van der Waals surface area contributed by atoms with Gasteiger partial charge in [0, 0.05) is 13.6 Å². The van der Waals surface area contributed by atoms with Gasteiger partial charge >= 0.3 is 0 Å². The van der Waals surface area contributed by atoms with Gasteiger partial charge < -0.3 is 10.2 Å². The van der Waals surface area contributed by atoms with Crippen molar-refractivity contribution < 1.29 is 4.79 Å². The van der Waals surface area contributed by atoms with E-state index >= 15 is 0 Å². The third-order valence-electron chi connectivity index (χ3n) is 2.71. The molecule has 3 heteroatoms. The zero-order valence-corrected chi connectivity index (χ0v) is 10.9. The second kappa shape index (κ2) is 7.07. The highest BCUT2D eigenvalue weighted by Crippen LogP contribution is 2.04. The SMILES string of the molecule is CCCNC(C)C(=O)N(C)Cc1ccccc1. The summed E-state index contributed by atoms with van der Waals surface area (Å²) in [4.78, 5) is 13.8. The molecule has 0 heterocycles. The van der Waals surface area contributed by atoms with Crippen LogP contribution in [0.5, 0.6) is 0 Å². The van der Waals surface area contributed by atoms with Crippen LogP contribution in [0.2, 0.25) is 0 Å². The average molecular weight is 234 g/mol. The lowest BCUT2D eigenvalue weighted by Crippen LogP contribution is -2.43. The minimum Gasteiger partial charge on any atom is -0.340 e. The number of amides is 1. The van der Waals surface area contributed by atoms with Gasteiger partial charge in [0.2, 0.25) is 5.91 Å². The third-order valence-corrected chi connectivity index (χ3v) is 2.71. The molecule has 17 heavy (non-hydrogen) atoms. The molecule has 1 amide bonds. The fraction of sp³-hybridized carbons (Fsp3) is 0.500. The van der Waals surface area contributed by atoms with E-state index in [1.165, 1.54) is 0 Å². The molecule has 1 aromatic carbocycles. The summed E-state index contributed by atoms with van der Waals surface area (Å²) in [5.41, 5.74) is 1.16. The topological polar surface area (TPSA) is 32.3 Å². The zero-order chi connectivity index (χ0) is 12.7. The average Bonchev–Trinajstić information content (AvgIpc) is 2.36. The van der Waals surface area contributed by atoms with Gasteiger partial charge in [0.25, 0.3) is 0 Å². The summed E-state index contributed by atoms with van der Waals surface area (Å²) >= 11 is 0. The van der Waals surface area contributed by atoms with Crippen LogP contribution in [-0.4, -0.2) is 30.4 Å². The number of likely N-dealkylation sites (N-methyl/N-ethyl adjacent to an activating group) is 1. The lowest BCUT2D eigenvalue weighted by Gasteiger charge is -2.22. The second-order valence-electron chi connectivity index (χ2n) is 4.36. The minimum absolute atomic E-state index is 0.108. The maximum Gasteiger partial charge on any atom is 0.239 e. The predicted molar refractivity (Wildman–Crippen MR) is 70.7 cm³/mol. The Bertz CT molecular complexity index is 337. The molecule has 3 nitrogen and oxygen atoms in total. The standard InChI is InChI=1S/C14H22N2O/c1-4-10-15-12(2)14(17)16(3)11-13-8-6-5-7-9-13/h5-9,12,15H,4,10-11H2,1-3H3. The van der Waals surface area contributed by atoms with Gasteiger partial charge in [-0.2, -0.15) is 0 Å². The first-order chi connectivity index (χ1) is 8.15. The van der Waals surface area contributed by atoms with Gasteiger partial charge in [0.15, 0.2) is 0 Å². The normalized spacial score (nSPS) is 12.2. The summed E-state index contributed by atoms with van der Waals surface area (Å²) in [6.07, 6.45) is 1.04. The summed E-state index contributed by atoms with van der Waals surface area (Å²) in [7, 11) is 1.85. The lowest BCUT2D eigenvalue weighted by molar-refractivity contribution is -0.132. The van der Waals surface area contributed by atoms with E-state index in [1.54, 1.807) is 4.90 Å². The molecular formula is C14H22N2O. The highest BCUT2D eigenvalue weighted by atomic mass is 16.2. The largest absolute Gasteiger partial charge is 0.340 e. The summed E-state index contributed by atoms with van der Waals surface area (Å²) in [5.74, 6) is 0.141. The Hall–Kier alpha value is -1.35. The van der Waals surface area contributed by atoms with Gasteiger partial charge in [0.1, 0.15) is 0 Å². The fourth-order valence-electron chi connectivity index (χ4n) is 1.71. The van der Waals surface area contributed by atoms with Crippen molar-refractivity contribution in [2.45, 2.75) is 32.9 Å². The Kier molecular flexibility index (Phi) is 5.70. The maximum absolute atomic E-state index is 12.0. The predicted octanol–water partition coefficient (Wildman–Crippen LogP) is 2.03. The van der Waals surface area contributed by atoms with Crippen molar-refractivity contribution in [1.82, 2.24) is 10.2 Å². The first-order valence-electron chi connectivity index (χ1n) is 6.17. The molecule has 0 aliphatic rings. The van der Waals surface area contributed by atoms with E-state index in [1.807, 2.05) is 44.3 Å². The van der Waals surface area contributed by atoms with E-state index < -0.39 is 0 Å². The first-order valence-corrected chi connectivity index (χ1v) is 6.17. The molecule has 0 radical (unpaired) electrons. The van der Waals surface area contributed by atoms with E-state index in [2.05, 4.69) is 12.2 Å². The number of hydrogen-bond donors (Lipinski definition) is 1. The van der Waals surface area contributed by atoms with Crippen molar-refractivity contribution in [3.8, 4) is 0 Å². The van der Waals surface area contributed by atoms with Crippen LogP contribution in [0.4, 0.5) is 0 Å². The van der Waals surface area contributed by atoms with Crippen LogP contribution in [0.1, 0.15) is 25.8 Å². The molecule has 1 rings (SSSR count). The van der Waals surface area contributed by atoms with Gasteiger partial charge in [-0.1, -0.05) is 37.3 Å². The number of nitrogens with one attached hydrogen (secondary N) is 1. The monoisotopic (exact) mass is 234 g/mol. The quantitative estimate of drug-likeness (QED) is 0.817. The van der Waals surface area contributed by atoms with Crippen LogP contribution < -0.4 is 5.32 Å². The van der Waals surface area contributed by atoms with Crippen molar-refractivity contribution in [1.29, 1.82) is 0 Å². The van der Waals surface area contributed by atoms with E-state index in [0.717, 1.165) is 18.5 Å². The molecular weight excluding hydrogens is 212 g/mol. The number of rotatable bonds is 6. The molecule has 0 aliphatic heterocycles. The van der Waals surface area contributed by atoms with E-state index in [-0.39, 0.29) is 11.9 Å². The third kappa shape index (κ3) is 4.57. The Morgan fingerprint density at radius 2 is 2.00 bits per heavy atom. The van der Waals surface area contributed by atoms with Gasteiger partial charge in [-0.15, -0.1) is 0 Å². The molecule has 0 aromatic heterocycles. The number of nitrogens with zero attached hydrogens (tertiary/aromatic N) is 1. The number of hydrogen-bond acceptors (Lipinski definition) is 2. The van der Waals surface area contributed by atoms with Gasteiger partial charge in [-0.3, -0.25) is 4.79 Å². The highest BCUT2D eigenvalue weighted by molar-refractivity contribution is 5.81. The second-order valence-corrected chi connectivity index (χ2v) is 4.36. The van der Waals surface area contributed by atoms with Crippen LogP contribution in [-0.2, 0) is 11.3 Å². The molecule has 1 unspecified atom stereocenters. The van der Waals surface area contributed by atoms with Crippen LogP contribution in [0.25, 0.3) is 0 Å². The van der Waals surface area contributed by atoms with Crippen molar-refractivity contribution in [3.63, 3.8) is 0 Å². The Balaban J connectivity index is 2.47. The van der Waals surface area contributed by atoms with Crippen molar-refractivity contribution in [2.24, 2.45) is 0 Å². The highest BCUT2D eigenvalue weighted by Gasteiger charge is 2.16. The summed E-state index contributed by atoms with van der Waals surface area (Å²) < 4.78 is 0. The van der Waals surface area contributed by atoms with Crippen molar-refractivity contribution in [2.75, 3.05) is 13.6 Å². The summed E-state index contributed by atoms with van der Waals surface area (Å²) in [5, 5.41) is 3.21. The Morgan fingerprint density at radius 3 is 2.59 bits per heavy atom. The Labute approximate surface area is 104 Å². The summed E-state index contributed by atoms with van der Waals surface area (Å²) in [6.45, 7) is 5.56. The van der Waals surface area contributed by atoms with Crippen molar-refractivity contribution in [3.05, 3.63) is 35.9 Å². The number of carbonyl (C=O) groups excluding carboxylic acids is 1. The van der Waals surface area contributed by atoms with Crippen LogP contribution >= 0.6 is 0 Å². The fourth-order valence-corrected chi connectivity index (χ4v) is 1.71. The maximum atomic E-state index is 12.0. The number of benzene rings is 1. The molecule has 0 bridgehead atoms. The van der Waals surface area contributed by atoms with Gasteiger partial charge in [-0.25, -0.2) is 0 Å². The van der Waals surface area contributed by atoms with Crippen LogP contribution in [0, 0.1) is 0 Å². The molecule has 0 saturated heterocycles. The molecule has 94 valence electrons. The summed E-state index contributed by atoms with van der Waals surface area (Å²) in [6, 6.07) is 9.93. The molecule has 1 N–H and O–H groups in total. The molecule has 1 atom stereocenters. The van der Waals surface area contributed by atoms with Gasteiger partial charge in [0.05, 0.1) is 6.04 Å².